The van der Waals surface area contributed by atoms with Crippen molar-refractivity contribution in [1.29, 1.82) is 0 Å². The van der Waals surface area contributed by atoms with Crippen LogP contribution in [-0.4, -0.2) is 47.3 Å². The third kappa shape index (κ3) is 12.7. The van der Waals surface area contributed by atoms with Gasteiger partial charge in [0.25, 0.3) is 0 Å². The second-order valence-electron chi connectivity index (χ2n) is 19.0. The molecule has 3 unspecified atom stereocenters. The zero-order valence-corrected chi connectivity index (χ0v) is 36.5. The van der Waals surface area contributed by atoms with Crippen molar-refractivity contribution < 1.29 is 19.4 Å². The first-order valence-electron chi connectivity index (χ1n) is 23.9. The van der Waals surface area contributed by atoms with E-state index in [1.54, 1.807) is 0 Å². The summed E-state index contributed by atoms with van der Waals surface area (Å²) in [5.74, 6) is 2.40. The van der Waals surface area contributed by atoms with E-state index in [1.165, 1.54) is 96.3 Å². The van der Waals surface area contributed by atoms with Crippen LogP contribution in [0.4, 0.5) is 4.79 Å². The number of amides is 2. The molecule has 322 valence electrons. The summed E-state index contributed by atoms with van der Waals surface area (Å²) < 4.78 is 13.8. The monoisotopic (exact) mass is 806 g/mol. The van der Waals surface area contributed by atoms with Crippen LogP contribution in [0.3, 0.4) is 0 Å². The molecule has 3 aromatic rings. The predicted octanol–water partition coefficient (Wildman–Crippen LogP) is 12.2. The van der Waals surface area contributed by atoms with E-state index >= 15 is 0 Å². The van der Waals surface area contributed by atoms with Gasteiger partial charge in [-0.05, 0) is 122 Å². The molecule has 0 aromatic heterocycles. The van der Waals surface area contributed by atoms with Gasteiger partial charge >= 0.3 is 6.03 Å². The summed E-state index contributed by atoms with van der Waals surface area (Å²) >= 11 is 0. The fourth-order valence-electron chi connectivity index (χ4n) is 11.3. The van der Waals surface area contributed by atoms with Crippen LogP contribution in [0.15, 0.2) is 72.8 Å². The van der Waals surface area contributed by atoms with Gasteiger partial charge in [0.1, 0.15) is 0 Å². The maximum atomic E-state index is 13.3. The number of hydrogen-bond donors (Lipinski definition) is 3. The first-order chi connectivity index (χ1) is 28.9. The van der Waals surface area contributed by atoms with Crippen LogP contribution in [-0.2, 0) is 22.6 Å². The Bertz CT molecular complexity index is 1680. The fourth-order valence-corrected chi connectivity index (χ4v) is 11.3. The Morgan fingerprint density at radius 3 is 1.90 bits per heavy atom. The molecule has 4 aliphatic carbocycles. The molecule has 0 spiro atoms. The Morgan fingerprint density at radius 1 is 0.678 bits per heavy atom. The number of rotatable bonds is 23. The van der Waals surface area contributed by atoms with Crippen LogP contribution in [0.25, 0.3) is 11.1 Å². The summed E-state index contributed by atoms with van der Waals surface area (Å²) in [5.41, 5.74) is 6.36. The Labute approximate surface area is 356 Å². The third-order valence-electron chi connectivity index (χ3n) is 14.0. The van der Waals surface area contributed by atoms with Crippen LogP contribution in [0.5, 0.6) is 0 Å². The van der Waals surface area contributed by atoms with Crippen molar-refractivity contribution in [2.75, 3.05) is 19.6 Å². The Kier molecular flexibility index (Phi) is 16.4. The number of nitrogens with one attached hydrogen (secondary N) is 2. The SMILES string of the molecule is CCCCCCCCN(CCCCCCCC)CC1CC(c2ccc(CO)cc2)OC(c2cccc(-c3cccc(CNC(=O)NC45CC6CC(CC(C6)C4)C5)c3)c2)O1. The Balaban J connectivity index is 1.01. The first-order valence-corrected chi connectivity index (χ1v) is 23.9. The lowest BCUT2D eigenvalue weighted by molar-refractivity contribution is -0.253. The quantitative estimate of drug-likeness (QED) is 0.0832. The van der Waals surface area contributed by atoms with Gasteiger partial charge < -0.3 is 30.1 Å². The second kappa shape index (κ2) is 22.0. The van der Waals surface area contributed by atoms with E-state index < -0.39 is 6.29 Å². The van der Waals surface area contributed by atoms with Gasteiger partial charge in [0.2, 0.25) is 0 Å². The van der Waals surface area contributed by atoms with Crippen molar-refractivity contribution in [3.63, 3.8) is 0 Å². The Morgan fingerprint density at radius 2 is 1.27 bits per heavy atom. The number of aliphatic hydroxyl groups is 1. The molecule has 4 saturated carbocycles. The molecule has 4 bridgehead atoms. The molecular formula is C52H75N3O4. The maximum Gasteiger partial charge on any atom is 0.315 e. The van der Waals surface area contributed by atoms with Crippen molar-refractivity contribution in [1.82, 2.24) is 15.5 Å². The van der Waals surface area contributed by atoms with Crippen molar-refractivity contribution in [3.05, 3.63) is 95.1 Å². The van der Waals surface area contributed by atoms with Crippen molar-refractivity contribution in [3.8, 4) is 11.1 Å². The number of aliphatic hydroxyl groups excluding tert-OH is 1. The Hall–Kier alpha value is -3.23. The van der Waals surface area contributed by atoms with Crippen LogP contribution in [0.1, 0.15) is 170 Å². The van der Waals surface area contributed by atoms with Crippen molar-refractivity contribution >= 4 is 6.03 Å². The summed E-state index contributed by atoms with van der Waals surface area (Å²) in [6.45, 7) is 8.24. The largest absolute Gasteiger partial charge is 0.392 e. The molecule has 3 aromatic carbocycles. The molecule has 1 saturated heterocycles. The highest BCUT2D eigenvalue weighted by molar-refractivity contribution is 5.75. The number of nitrogens with zero attached hydrogens (tertiary/aromatic N) is 1. The third-order valence-corrected chi connectivity index (χ3v) is 14.0. The second-order valence-corrected chi connectivity index (χ2v) is 19.0. The zero-order chi connectivity index (χ0) is 40.9. The zero-order valence-electron chi connectivity index (χ0n) is 36.5. The van der Waals surface area contributed by atoms with Crippen molar-refractivity contribution in [2.45, 2.75) is 173 Å². The molecule has 8 rings (SSSR count). The predicted molar refractivity (Wildman–Crippen MR) is 240 cm³/mol. The number of hydrogen-bond acceptors (Lipinski definition) is 5. The summed E-state index contributed by atoms with van der Waals surface area (Å²) in [7, 11) is 0. The summed E-state index contributed by atoms with van der Waals surface area (Å²) in [6.07, 6.45) is 23.4. The molecule has 2 amide bonds. The lowest BCUT2D eigenvalue weighted by atomic mass is 9.53. The van der Waals surface area contributed by atoms with Gasteiger partial charge in [0.05, 0.1) is 18.8 Å². The van der Waals surface area contributed by atoms with Gasteiger partial charge in [0.15, 0.2) is 6.29 Å². The van der Waals surface area contributed by atoms with Crippen LogP contribution in [0, 0.1) is 17.8 Å². The van der Waals surface area contributed by atoms with E-state index in [-0.39, 0.29) is 30.4 Å². The van der Waals surface area contributed by atoms with Crippen molar-refractivity contribution in [2.24, 2.45) is 17.8 Å². The average Bonchev–Trinajstić information content (AvgIpc) is 3.24. The lowest BCUT2D eigenvalue weighted by Crippen LogP contribution is -2.61. The summed E-state index contributed by atoms with van der Waals surface area (Å²) in [6, 6.07) is 25.4. The van der Waals surface area contributed by atoms with E-state index in [1.807, 2.05) is 12.1 Å². The molecule has 5 fully saturated rings. The van der Waals surface area contributed by atoms with E-state index in [2.05, 4.69) is 90.0 Å². The first kappa shape index (κ1) is 43.8. The highest BCUT2D eigenvalue weighted by Crippen LogP contribution is 2.55. The molecule has 3 atom stereocenters. The number of carbonyl (C=O) groups is 1. The topological polar surface area (TPSA) is 83.1 Å². The molecule has 0 radical (unpaired) electrons. The minimum Gasteiger partial charge on any atom is -0.392 e. The number of unbranched alkanes of at least 4 members (excludes halogenated alkanes) is 10. The number of urea groups is 1. The van der Waals surface area contributed by atoms with Gasteiger partial charge in [-0.15, -0.1) is 0 Å². The van der Waals surface area contributed by atoms with Gasteiger partial charge in [-0.1, -0.05) is 139 Å². The van der Waals surface area contributed by atoms with Gasteiger partial charge in [0, 0.05) is 30.6 Å². The highest BCUT2D eigenvalue weighted by Gasteiger charge is 2.51. The molecule has 59 heavy (non-hydrogen) atoms. The molecule has 7 heteroatoms. The minimum absolute atomic E-state index is 0.00529. The molecule has 1 heterocycles. The van der Waals surface area contributed by atoms with E-state index in [0.29, 0.717) is 6.54 Å². The molecule has 7 nitrogen and oxygen atoms in total. The van der Waals surface area contributed by atoms with E-state index in [0.717, 1.165) is 96.5 Å². The van der Waals surface area contributed by atoms with E-state index in [9.17, 15) is 9.90 Å². The molecule has 3 N–H and O–H groups in total. The maximum absolute atomic E-state index is 13.3. The molecular weight excluding hydrogens is 731 g/mol. The highest BCUT2D eigenvalue weighted by atomic mass is 16.7. The standard InChI is InChI=1S/C52H75N3O4/c1-3-5-7-9-11-13-25-55(26-14-12-10-8-6-4-2)37-48-32-49(44-23-21-39(38-56)22-24-44)59-50(58-48)47-20-16-19-46(31-47)45-18-15-17-40(30-45)36-53-51(57)54-52-33-41-27-42(34-52)29-43(28-41)35-52/h15-24,30-31,41-43,48-50,56H,3-14,25-29,32-38H2,1-2H3,(H2,53,54,57). The van der Waals surface area contributed by atoms with Crippen LogP contribution < -0.4 is 10.6 Å². The summed E-state index contributed by atoms with van der Waals surface area (Å²) in [4.78, 5) is 15.9. The number of benzene rings is 3. The molecule has 1 aliphatic heterocycles. The van der Waals surface area contributed by atoms with Gasteiger partial charge in [-0.3, -0.25) is 0 Å². The van der Waals surface area contributed by atoms with E-state index in [4.69, 9.17) is 9.47 Å². The van der Waals surface area contributed by atoms with Gasteiger partial charge in [-0.2, -0.15) is 0 Å². The molecule has 5 aliphatic rings. The lowest BCUT2D eigenvalue weighted by Gasteiger charge is -2.56. The smallest absolute Gasteiger partial charge is 0.315 e. The normalized spacial score (nSPS) is 26.0. The van der Waals surface area contributed by atoms with Crippen LogP contribution in [0.2, 0.25) is 0 Å². The van der Waals surface area contributed by atoms with Gasteiger partial charge in [-0.25, -0.2) is 4.79 Å². The average molecular weight is 806 g/mol. The minimum atomic E-state index is -0.501. The summed E-state index contributed by atoms with van der Waals surface area (Å²) in [5, 5.41) is 16.4. The fraction of sp³-hybridized carbons (Fsp3) is 0.635. The van der Waals surface area contributed by atoms with Crippen LogP contribution >= 0.6 is 0 Å². The number of carbonyl (C=O) groups excluding carboxylic acids is 1. The number of ether oxygens (including phenoxy) is 2.